The number of carbonyl (C=O) groups is 1. The van der Waals surface area contributed by atoms with Crippen LogP contribution in [0.15, 0.2) is 24.3 Å². The number of hydrogen-bond acceptors (Lipinski definition) is 4. The summed E-state index contributed by atoms with van der Waals surface area (Å²) < 4.78 is 10.8. The van der Waals surface area contributed by atoms with E-state index < -0.39 is 0 Å². The standard InChI is InChI=1S/C15H22N2O3/c1-10(11-4-3-5-12(8-11)19-2)17-15(18)14-7-6-13(9-16)20-14/h3-5,8,10,13-14H,6-7,9,16H2,1-2H3,(H,17,18)/t10?,13-,14+/m1/s1. The second kappa shape index (κ2) is 6.72. The SMILES string of the molecule is COc1cccc(C(C)NC(=O)[C@@H]2CC[C@H](CN)O2)c1. The van der Waals surface area contributed by atoms with Crippen molar-refractivity contribution in [2.24, 2.45) is 5.73 Å². The highest BCUT2D eigenvalue weighted by Crippen LogP contribution is 2.22. The molecule has 1 saturated heterocycles. The molecule has 0 spiro atoms. The van der Waals surface area contributed by atoms with Gasteiger partial charge < -0.3 is 20.5 Å². The number of nitrogens with two attached hydrogens (primary N) is 1. The molecular formula is C15H22N2O3. The summed E-state index contributed by atoms with van der Waals surface area (Å²) in [5.74, 6) is 0.709. The fourth-order valence-electron chi connectivity index (χ4n) is 2.37. The predicted octanol–water partition coefficient (Wildman–Crippen LogP) is 1.38. The number of rotatable bonds is 5. The lowest BCUT2D eigenvalue weighted by molar-refractivity contribution is -0.132. The maximum atomic E-state index is 12.1. The number of methoxy groups -OCH3 is 1. The fraction of sp³-hybridized carbons (Fsp3) is 0.533. The van der Waals surface area contributed by atoms with E-state index in [-0.39, 0.29) is 24.2 Å². The van der Waals surface area contributed by atoms with Gasteiger partial charge in [-0.25, -0.2) is 0 Å². The number of ether oxygens (including phenoxy) is 2. The van der Waals surface area contributed by atoms with Crippen LogP contribution in [0.3, 0.4) is 0 Å². The van der Waals surface area contributed by atoms with Gasteiger partial charge in [0, 0.05) is 6.54 Å². The maximum absolute atomic E-state index is 12.1. The summed E-state index contributed by atoms with van der Waals surface area (Å²) in [7, 11) is 1.63. The Morgan fingerprint density at radius 1 is 1.55 bits per heavy atom. The van der Waals surface area contributed by atoms with E-state index in [0.717, 1.165) is 24.2 Å². The van der Waals surface area contributed by atoms with Crippen LogP contribution in [-0.4, -0.2) is 31.8 Å². The van der Waals surface area contributed by atoms with Crippen molar-refractivity contribution in [2.75, 3.05) is 13.7 Å². The van der Waals surface area contributed by atoms with Crippen molar-refractivity contribution in [3.05, 3.63) is 29.8 Å². The molecule has 1 aromatic carbocycles. The molecule has 0 aliphatic carbocycles. The van der Waals surface area contributed by atoms with E-state index in [2.05, 4.69) is 5.32 Å². The third-order valence-electron chi connectivity index (χ3n) is 3.62. The van der Waals surface area contributed by atoms with Gasteiger partial charge in [-0.05, 0) is 37.5 Å². The van der Waals surface area contributed by atoms with Crippen molar-refractivity contribution in [1.82, 2.24) is 5.32 Å². The first kappa shape index (κ1) is 14.8. The minimum atomic E-state index is -0.378. The minimum Gasteiger partial charge on any atom is -0.497 e. The molecule has 3 atom stereocenters. The van der Waals surface area contributed by atoms with E-state index in [4.69, 9.17) is 15.2 Å². The van der Waals surface area contributed by atoms with Gasteiger partial charge in [-0.3, -0.25) is 4.79 Å². The van der Waals surface area contributed by atoms with E-state index in [1.54, 1.807) is 7.11 Å². The fourth-order valence-corrected chi connectivity index (χ4v) is 2.37. The Hall–Kier alpha value is -1.59. The van der Waals surface area contributed by atoms with Crippen LogP contribution in [0.2, 0.25) is 0 Å². The Morgan fingerprint density at radius 2 is 2.35 bits per heavy atom. The van der Waals surface area contributed by atoms with Crippen LogP contribution < -0.4 is 15.8 Å². The van der Waals surface area contributed by atoms with Crippen molar-refractivity contribution < 1.29 is 14.3 Å². The van der Waals surface area contributed by atoms with Gasteiger partial charge in [0.2, 0.25) is 5.91 Å². The van der Waals surface area contributed by atoms with Crippen LogP contribution in [0, 0.1) is 0 Å². The highest BCUT2D eigenvalue weighted by molar-refractivity contribution is 5.81. The molecule has 1 aromatic rings. The van der Waals surface area contributed by atoms with E-state index in [9.17, 15) is 4.79 Å². The summed E-state index contributed by atoms with van der Waals surface area (Å²) in [6, 6.07) is 7.59. The summed E-state index contributed by atoms with van der Waals surface area (Å²) >= 11 is 0. The van der Waals surface area contributed by atoms with Crippen molar-refractivity contribution >= 4 is 5.91 Å². The molecule has 1 fully saturated rings. The van der Waals surface area contributed by atoms with E-state index in [1.165, 1.54) is 0 Å². The summed E-state index contributed by atoms with van der Waals surface area (Å²) in [5.41, 5.74) is 6.56. The number of hydrogen-bond donors (Lipinski definition) is 2. The number of benzene rings is 1. The van der Waals surface area contributed by atoms with Gasteiger partial charge in [-0.1, -0.05) is 12.1 Å². The van der Waals surface area contributed by atoms with Crippen molar-refractivity contribution in [1.29, 1.82) is 0 Å². The molecular weight excluding hydrogens is 256 g/mol. The molecule has 0 bridgehead atoms. The van der Waals surface area contributed by atoms with Gasteiger partial charge in [-0.2, -0.15) is 0 Å². The predicted molar refractivity (Wildman–Crippen MR) is 76.5 cm³/mol. The van der Waals surface area contributed by atoms with Crippen LogP contribution >= 0.6 is 0 Å². The lowest BCUT2D eigenvalue weighted by atomic mass is 10.1. The number of nitrogens with one attached hydrogen (secondary N) is 1. The summed E-state index contributed by atoms with van der Waals surface area (Å²) in [6.45, 7) is 2.41. The first-order valence-corrected chi connectivity index (χ1v) is 6.94. The second-order valence-corrected chi connectivity index (χ2v) is 5.07. The molecule has 0 aromatic heterocycles. The van der Waals surface area contributed by atoms with E-state index in [0.29, 0.717) is 6.54 Å². The van der Waals surface area contributed by atoms with E-state index in [1.807, 2.05) is 31.2 Å². The minimum absolute atomic E-state index is 0.0119. The van der Waals surface area contributed by atoms with Gasteiger partial charge in [0.25, 0.3) is 0 Å². The quantitative estimate of drug-likeness (QED) is 0.853. The highest BCUT2D eigenvalue weighted by Gasteiger charge is 2.30. The lowest BCUT2D eigenvalue weighted by Crippen LogP contribution is -2.37. The Morgan fingerprint density at radius 3 is 3.00 bits per heavy atom. The smallest absolute Gasteiger partial charge is 0.249 e. The van der Waals surface area contributed by atoms with Gasteiger partial charge in [0.1, 0.15) is 11.9 Å². The Kier molecular flexibility index (Phi) is 4.98. The molecule has 1 aliphatic rings. The molecule has 1 aliphatic heterocycles. The molecule has 0 saturated carbocycles. The van der Waals surface area contributed by atoms with Crippen LogP contribution in [0.4, 0.5) is 0 Å². The average Bonchev–Trinajstić information content (AvgIpc) is 2.96. The molecule has 5 nitrogen and oxygen atoms in total. The van der Waals surface area contributed by atoms with Crippen molar-refractivity contribution in [2.45, 2.75) is 38.0 Å². The topological polar surface area (TPSA) is 73.6 Å². The van der Waals surface area contributed by atoms with Gasteiger partial charge >= 0.3 is 0 Å². The molecule has 0 radical (unpaired) electrons. The lowest BCUT2D eigenvalue weighted by Gasteiger charge is -2.18. The zero-order valence-electron chi connectivity index (χ0n) is 12.0. The van der Waals surface area contributed by atoms with Crippen LogP contribution in [-0.2, 0) is 9.53 Å². The summed E-state index contributed by atoms with van der Waals surface area (Å²) in [6.07, 6.45) is 1.22. The molecule has 1 amide bonds. The van der Waals surface area contributed by atoms with Gasteiger partial charge in [0.05, 0.1) is 19.3 Å². The second-order valence-electron chi connectivity index (χ2n) is 5.07. The number of carbonyl (C=O) groups excluding carboxylic acids is 1. The zero-order valence-corrected chi connectivity index (χ0v) is 12.0. The summed E-state index contributed by atoms with van der Waals surface area (Å²) in [4.78, 5) is 12.1. The number of amides is 1. The van der Waals surface area contributed by atoms with Crippen LogP contribution in [0.25, 0.3) is 0 Å². The summed E-state index contributed by atoms with van der Waals surface area (Å²) in [5, 5.41) is 2.97. The molecule has 1 unspecified atom stereocenters. The average molecular weight is 278 g/mol. The largest absolute Gasteiger partial charge is 0.497 e. The molecule has 3 N–H and O–H groups in total. The molecule has 5 heteroatoms. The Bertz CT molecular complexity index is 464. The first-order chi connectivity index (χ1) is 9.63. The van der Waals surface area contributed by atoms with Crippen molar-refractivity contribution in [3.8, 4) is 5.75 Å². The Balaban J connectivity index is 1.93. The molecule has 20 heavy (non-hydrogen) atoms. The van der Waals surface area contributed by atoms with Crippen LogP contribution in [0.1, 0.15) is 31.4 Å². The third kappa shape index (κ3) is 3.49. The van der Waals surface area contributed by atoms with Crippen molar-refractivity contribution in [3.63, 3.8) is 0 Å². The molecule has 1 heterocycles. The third-order valence-corrected chi connectivity index (χ3v) is 3.62. The van der Waals surface area contributed by atoms with Crippen LogP contribution in [0.5, 0.6) is 5.75 Å². The Labute approximate surface area is 119 Å². The van der Waals surface area contributed by atoms with E-state index >= 15 is 0 Å². The maximum Gasteiger partial charge on any atom is 0.249 e. The normalized spacial score (nSPS) is 23.4. The monoisotopic (exact) mass is 278 g/mol. The highest BCUT2D eigenvalue weighted by atomic mass is 16.5. The van der Waals surface area contributed by atoms with Gasteiger partial charge in [-0.15, -0.1) is 0 Å². The van der Waals surface area contributed by atoms with Gasteiger partial charge in [0.15, 0.2) is 0 Å². The molecule has 110 valence electrons. The molecule has 2 rings (SSSR count). The first-order valence-electron chi connectivity index (χ1n) is 6.94. The zero-order chi connectivity index (χ0) is 14.5.